The first-order valence-electron chi connectivity index (χ1n) is 7.19. The monoisotopic (exact) mass is 360 g/mol. The van der Waals surface area contributed by atoms with Gasteiger partial charge >= 0.3 is 0 Å². The molecule has 1 amide bonds. The Balaban J connectivity index is 1.90. The largest absolute Gasteiger partial charge is 0.489 e. The van der Waals surface area contributed by atoms with Crippen LogP contribution >= 0.6 is 23.8 Å². The van der Waals surface area contributed by atoms with Crippen molar-refractivity contribution < 1.29 is 9.53 Å². The molecule has 0 saturated carbocycles. The van der Waals surface area contributed by atoms with Gasteiger partial charge < -0.3 is 10.1 Å². The zero-order valence-electron chi connectivity index (χ0n) is 13.1. The minimum atomic E-state index is -0.323. The van der Waals surface area contributed by atoms with Gasteiger partial charge in [0, 0.05) is 16.3 Å². The lowest BCUT2D eigenvalue weighted by Gasteiger charge is -2.11. The second-order valence-corrected chi connectivity index (χ2v) is 6.03. The molecule has 0 bridgehead atoms. The van der Waals surface area contributed by atoms with Gasteiger partial charge in [0.15, 0.2) is 5.11 Å². The molecule has 0 saturated heterocycles. The van der Waals surface area contributed by atoms with Crippen molar-refractivity contribution in [3.05, 3.63) is 71.3 Å². The van der Waals surface area contributed by atoms with Crippen molar-refractivity contribution in [1.29, 1.82) is 0 Å². The average molecular weight is 361 g/mol. The number of rotatable bonds is 5. The number of benzene rings is 2. The fourth-order valence-electron chi connectivity index (χ4n) is 1.81. The number of anilines is 1. The topological polar surface area (TPSA) is 50.4 Å². The molecule has 24 heavy (non-hydrogen) atoms. The highest BCUT2D eigenvalue weighted by Gasteiger charge is 2.08. The van der Waals surface area contributed by atoms with Crippen LogP contribution in [0.3, 0.4) is 0 Å². The number of ether oxygens (including phenoxy) is 1. The van der Waals surface area contributed by atoms with E-state index in [9.17, 15) is 4.79 Å². The van der Waals surface area contributed by atoms with Crippen LogP contribution in [-0.2, 0) is 0 Å². The average Bonchev–Trinajstić information content (AvgIpc) is 2.54. The summed E-state index contributed by atoms with van der Waals surface area (Å²) in [6, 6.07) is 13.9. The van der Waals surface area contributed by atoms with Crippen LogP contribution in [0, 0.1) is 0 Å². The van der Waals surface area contributed by atoms with Gasteiger partial charge in [-0.3, -0.25) is 10.1 Å². The van der Waals surface area contributed by atoms with Crippen LogP contribution in [0.15, 0.2) is 60.7 Å². The van der Waals surface area contributed by atoms with Gasteiger partial charge in [0.2, 0.25) is 0 Å². The fourth-order valence-corrected chi connectivity index (χ4v) is 2.21. The maximum absolute atomic E-state index is 12.1. The van der Waals surface area contributed by atoms with Gasteiger partial charge in [-0.15, -0.1) is 0 Å². The van der Waals surface area contributed by atoms with E-state index in [1.165, 1.54) is 0 Å². The van der Waals surface area contributed by atoms with Gasteiger partial charge in [-0.25, -0.2) is 0 Å². The van der Waals surface area contributed by atoms with Crippen LogP contribution < -0.4 is 15.4 Å². The number of hydrogen-bond donors (Lipinski definition) is 2. The summed E-state index contributed by atoms with van der Waals surface area (Å²) in [5, 5.41) is 6.25. The number of carbonyl (C=O) groups excluding carboxylic acids is 1. The smallest absolute Gasteiger partial charge is 0.257 e. The van der Waals surface area contributed by atoms with Crippen LogP contribution in [-0.4, -0.2) is 17.6 Å². The summed E-state index contributed by atoms with van der Waals surface area (Å²) in [5.41, 5.74) is 2.13. The summed E-state index contributed by atoms with van der Waals surface area (Å²) in [7, 11) is 0. The Morgan fingerprint density at radius 3 is 2.58 bits per heavy atom. The molecule has 0 fully saturated rings. The number of amides is 1. The molecule has 0 aliphatic rings. The van der Waals surface area contributed by atoms with E-state index in [0.29, 0.717) is 17.2 Å². The lowest BCUT2D eigenvalue weighted by atomic mass is 10.2. The van der Waals surface area contributed by atoms with Gasteiger partial charge in [0.05, 0.1) is 0 Å². The molecule has 6 heteroatoms. The van der Waals surface area contributed by atoms with Gasteiger partial charge in [-0.05, 0) is 67.2 Å². The highest BCUT2D eigenvalue weighted by Crippen LogP contribution is 2.16. The minimum Gasteiger partial charge on any atom is -0.489 e. The van der Waals surface area contributed by atoms with Gasteiger partial charge in [-0.2, -0.15) is 0 Å². The van der Waals surface area contributed by atoms with E-state index in [-0.39, 0.29) is 11.0 Å². The Hall–Kier alpha value is -2.37. The van der Waals surface area contributed by atoms with E-state index in [2.05, 4.69) is 17.2 Å². The first-order chi connectivity index (χ1) is 11.4. The maximum atomic E-state index is 12.1. The quantitative estimate of drug-likeness (QED) is 0.612. The molecule has 0 radical (unpaired) electrons. The lowest BCUT2D eigenvalue weighted by Crippen LogP contribution is -2.34. The zero-order chi connectivity index (χ0) is 17.5. The van der Waals surface area contributed by atoms with Crippen molar-refractivity contribution in [2.45, 2.75) is 6.92 Å². The summed E-state index contributed by atoms with van der Waals surface area (Å²) in [6.45, 7) is 6.16. The van der Waals surface area contributed by atoms with Crippen LogP contribution in [0.5, 0.6) is 5.75 Å². The number of carbonyl (C=O) groups is 1. The normalized spacial score (nSPS) is 9.92. The minimum absolute atomic E-state index is 0.204. The number of halogens is 1. The molecule has 2 aromatic rings. The number of nitrogens with one attached hydrogen (secondary N) is 2. The van der Waals surface area contributed by atoms with Crippen LogP contribution in [0.4, 0.5) is 5.69 Å². The van der Waals surface area contributed by atoms with Crippen molar-refractivity contribution in [3.8, 4) is 5.75 Å². The first kappa shape index (κ1) is 18.0. The molecule has 2 rings (SSSR count). The molecule has 2 N–H and O–H groups in total. The zero-order valence-corrected chi connectivity index (χ0v) is 14.7. The summed E-state index contributed by atoms with van der Waals surface area (Å²) < 4.78 is 5.52. The van der Waals surface area contributed by atoms with E-state index < -0.39 is 0 Å². The summed E-state index contributed by atoms with van der Waals surface area (Å²) in [6.07, 6.45) is 0. The Bertz CT molecular complexity index is 760. The van der Waals surface area contributed by atoms with Crippen molar-refractivity contribution in [3.63, 3.8) is 0 Å². The molecular formula is C18H17ClN2O2S. The Labute approximate surface area is 151 Å². The van der Waals surface area contributed by atoms with Crippen LogP contribution in [0.1, 0.15) is 17.3 Å². The Morgan fingerprint density at radius 2 is 1.96 bits per heavy atom. The van der Waals surface area contributed by atoms with E-state index in [1.807, 2.05) is 31.2 Å². The predicted molar refractivity (Wildman–Crippen MR) is 102 cm³/mol. The molecule has 0 aliphatic heterocycles. The molecule has 0 heterocycles. The fraction of sp³-hybridized carbons (Fsp3) is 0.111. The van der Waals surface area contributed by atoms with E-state index in [4.69, 9.17) is 28.6 Å². The van der Waals surface area contributed by atoms with Gasteiger partial charge in [0.1, 0.15) is 12.4 Å². The van der Waals surface area contributed by atoms with Crippen molar-refractivity contribution in [1.82, 2.24) is 5.32 Å². The standard InChI is InChI=1S/C18H17ClN2O2S/c1-12(2)11-23-16-8-6-15(7-9-16)20-18(24)21-17(22)13-4-3-5-14(19)10-13/h3-10H,1,11H2,2H3,(H2,20,21,22,24). The predicted octanol–water partition coefficient (Wildman–Crippen LogP) is 4.42. The van der Waals surface area contributed by atoms with Crippen molar-refractivity contribution in [2.75, 3.05) is 11.9 Å². The SMILES string of the molecule is C=C(C)COc1ccc(NC(=S)NC(=O)c2cccc(Cl)c2)cc1. The van der Waals surface area contributed by atoms with Crippen molar-refractivity contribution in [2.24, 2.45) is 0 Å². The van der Waals surface area contributed by atoms with E-state index >= 15 is 0 Å². The molecule has 0 aromatic heterocycles. The third-order valence-corrected chi connectivity index (χ3v) is 3.35. The third-order valence-electron chi connectivity index (χ3n) is 2.91. The maximum Gasteiger partial charge on any atom is 0.257 e. The summed E-state index contributed by atoms with van der Waals surface area (Å²) in [5.74, 6) is 0.411. The Kier molecular flexibility index (Phi) is 6.35. The first-order valence-corrected chi connectivity index (χ1v) is 7.98. The second-order valence-electron chi connectivity index (χ2n) is 5.19. The van der Waals surface area contributed by atoms with Gasteiger partial charge in [-0.1, -0.05) is 24.2 Å². The molecule has 0 spiro atoms. The second kappa shape index (κ2) is 8.47. The molecule has 0 unspecified atom stereocenters. The molecule has 124 valence electrons. The Morgan fingerprint density at radius 1 is 1.25 bits per heavy atom. The number of thiocarbonyl (C=S) groups is 1. The van der Waals surface area contributed by atoms with Crippen LogP contribution in [0.25, 0.3) is 0 Å². The molecule has 2 aromatic carbocycles. The highest BCUT2D eigenvalue weighted by molar-refractivity contribution is 7.80. The highest BCUT2D eigenvalue weighted by atomic mass is 35.5. The van der Waals surface area contributed by atoms with Crippen LogP contribution in [0.2, 0.25) is 5.02 Å². The molecule has 0 atom stereocenters. The number of hydrogen-bond acceptors (Lipinski definition) is 3. The van der Waals surface area contributed by atoms with E-state index in [0.717, 1.165) is 17.0 Å². The van der Waals surface area contributed by atoms with Gasteiger partial charge in [0.25, 0.3) is 5.91 Å². The lowest BCUT2D eigenvalue weighted by molar-refractivity contribution is 0.0977. The summed E-state index contributed by atoms with van der Waals surface area (Å²) >= 11 is 11.0. The molecule has 4 nitrogen and oxygen atoms in total. The van der Waals surface area contributed by atoms with Crippen molar-refractivity contribution >= 4 is 40.5 Å². The molecular weight excluding hydrogens is 344 g/mol. The summed E-state index contributed by atoms with van der Waals surface area (Å²) in [4.78, 5) is 12.1. The van der Waals surface area contributed by atoms with E-state index in [1.54, 1.807) is 24.3 Å². The third kappa shape index (κ3) is 5.68. The molecule has 0 aliphatic carbocycles.